The van der Waals surface area contributed by atoms with Crippen molar-refractivity contribution in [2.24, 2.45) is 0 Å². The first-order valence-corrected chi connectivity index (χ1v) is 7.23. The van der Waals surface area contributed by atoms with Crippen LogP contribution >= 0.6 is 27.3 Å². The van der Waals surface area contributed by atoms with Crippen LogP contribution in [0.1, 0.15) is 23.8 Å². The molecule has 0 aliphatic carbocycles. The maximum absolute atomic E-state index is 4.40. The van der Waals surface area contributed by atoms with Gasteiger partial charge in [-0.15, -0.1) is 11.3 Å². The number of anilines is 1. The van der Waals surface area contributed by atoms with Crippen molar-refractivity contribution in [3.63, 3.8) is 0 Å². The normalized spacial score (nSPS) is 19.8. The second kappa shape index (κ2) is 4.74. The molecule has 5 heteroatoms. The highest BCUT2D eigenvalue weighted by atomic mass is 79.9. The van der Waals surface area contributed by atoms with E-state index < -0.39 is 0 Å². The number of aromatic nitrogens is 2. The van der Waals surface area contributed by atoms with E-state index in [0.29, 0.717) is 6.04 Å². The molecule has 1 aliphatic rings. The van der Waals surface area contributed by atoms with Gasteiger partial charge in [0, 0.05) is 23.8 Å². The van der Waals surface area contributed by atoms with Crippen molar-refractivity contribution in [1.29, 1.82) is 0 Å². The molecule has 88 valence electrons. The van der Waals surface area contributed by atoms with Crippen LogP contribution in [0.15, 0.2) is 34.5 Å². The standard InChI is InChI=1S/C12H12BrN3S/c13-11-4-3-10(17-11)9-2-1-7-16(9)12-8-14-5-6-15-12/h3-6,8-9H,1-2,7H2/t9-/m0/s1. The minimum Gasteiger partial charge on any atom is -0.347 e. The minimum atomic E-state index is 0.461. The van der Waals surface area contributed by atoms with E-state index in [0.717, 1.165) is 12.4 Å². The van der Waals surface area contributed by atoms with E-state index in [-0.39, 0.29) is 0 Å². The number of hydrogen-bond acceptors (Lipinski definition) is 4. The first-order chi connectivity index (χ1) is 8.34. The fraction of sp³-hybridized carbons (Fsp3) is 0.333. The second-order valence-corrected chi connectivity index (χ2v) is 6.55. The van der Waals surface area contributed by atoms with Crippen LogP contribution in [0.5, 0.6) is 0 Å². The smallest absolute Gasteiger partial charge is 0.147 e. The van der Waals surface area contributed by atoms with Crippen molar-refractivity contribution in [1.82, 2.24) is 9.97 Å². The van der Waals surface area contributed by atoms with Crippen molar-refractivity contribution >= 4 is 33.1 Å². The van der Waals surface area contributed by atoms with Crippen LogP contribution in [0.4, 0.5) is 5.82 Å². The van der Waals surface area contributed by atoms with Gasteiger partial charge in [-0.1, -0.05) is 0 Å². The quantitative estimate of drug-likeness (QED) is 0.848. The van der Waals surface area contributed by atoms with Gasteiger partial charge in [0.2, 0.25) is 0 Å². The third-order valence-electron chi connectivity index (χ3n) is 3.02. The maximum Gasteiger partial charge on any atom is 0.147 e. The molecule has 17 heavy (non-hydrogen) atoms. The summed E-state index contributed by atoms with van der Waals surface area (Å²) < 4.78 is 1.19. The van der Waals surface area contributed by atoms with E-state index in [1.165, 1.54) is 21.5 Å². The van der Waals surface area contributed by atoms with Gasteiger partial charge in [0.05, 0.1) is 16.0 Å². The van der Waals surface area contributed by atoms with Crippen molar-refractivity contribution in [3.8, 4) is 0 Å². The molecule has 0 aromatic carbocycles. The molecule has 0 spiro atoms. The lowest BCUT2D eigenvalue weighted by Crippen LogP contribution is -2.22. The van der Waals surface area contributed by atoms with Gasteiger partial charge < -0.3 is 4.90 Å². The molecule has 3 heterocycles. The largest absolute Gasteiger partial charge is 0.347 e. The van der Waals surface area contributed by atoms with Gasteiger partial charge in [0.1, 0.15) is 5.82 Å². The SMILES string of the molecule is Brc1ccc([C@@H]2CCCN2c2cnccn2)s1. The fourth-order valence-corrected chi connectivity index (χ4v) is 3.85. The third kappa shape index (κ3) is 2.21. The summed E-state index contributed by atoms with van der Waals surface area (Å²) in [5.41, 5.74) is 0. The van der Waals surface area contributed by atoms with E-state index in [1.807, 2.05) is 17.5 Å². The van der Waals surface area contributed by atoms with E-state index in [1.54, 1.807) is 12.4 Å². The van der Waals surface area contributed by atoms with Gasteiger partial charge in [0.15, 0.2) is 0 Å². The number of hydrogen-bond donors (Lipinski definition) is 0. The Balaban J connectivity index is 1.90. The zero-order chi connectivity index (χ0) is 11.7. The van der Waals surface area contributed by atoms with Gasteiger partial charge in [-0.25, -0.2) is 4.98 Å². The molecule has 2 aromatic rings. The zero-order valence-corrected chi connectivity index (χ0v) is 11.6. The van der Waals surface area contributed by atoms with Crippen LogP contribution in [0.3, 0.4) is 0 Å². The van der Waals surface area contributed by atoms with Crippen LogP contribution in [0.25, 0.3) is 0 Å². The van der Waals surface area contributed by atoms with Gasteiger partial charge in [-0.3, -0.25) is 4.98 Å². The summed E-state index contributed by atoms with van der Waals surface area (Å²) in [7, 11) is 0. The molecule has 2 aromatic heterocycles. The van der Waals surface area contributed by atoms with E-state index in [2.05, 4.69) is 42.9 Å². The Kier molecular flexibility index (Phi) is 3.11. The molecule has 0 radical (unpaired) electrons. The Morgan fingerprint density at radius 2 is 2.29 bits per heavy atom. The van der Waals surface area contributed by atoms with Gasteiger partial charge in [-0.2, -0.15) is 0 Å². The van der Waals surface area contributed by atoms with Crippen molar-refractivity contribution in [2.45, 2.75) is 18.9 Å². The second-order valence-electron chi connectivity index (χ2n) is 4.06. The molecule has 0 saturated carbocycles. The van der Waals surface area contributed by atoms with Crippen LogP contribution < -0.4 is 4.90 Å². The Morgan fingerprint density at radius 3 is 3.00 bits per heavy atom. The Morgan fingerprint density at radius 1 is 1.35 bits per heavy atom. The number of halogens is 1. The number of thiophene rings is 1. The zero-order valence-electron chi connectivity index (χ0n) is 9.21. The Labute approximate surface area is 113 Å². The predicted octanol–water partition coefficient (Wildman–Crippen LogP) is 3.64. The molecule has 0 amide bonds. The van der Waals surface area contributed by atoms with Crippen molar-refractivity contribution < 1.29 is 0 Å². The third-order valence-corrected chi connectivity index (χ3v) is 4.74. The summed E-state index contributed by atoms with van der Waals surface area (Å²) in [5.74, 6) is 0.986. The maximum atomic E-state index is 4.40. The average molecular weight is 310 g/mol. The molecule has 0 N–H and O–H groups in total. The first-order valence-electron chi connectivity index (χ1n) is 5.62. The lowest BCUT2D eigenvalue weighted by molar-refractivity contribution is 0.723. The summed E-state index contributed by atoms with van der Waals surface area (Å²) in [6.07, 6.45) is 7.74. The molecule has 3 rings (SSSR count). The minimum absolute atomic E-state index is 0.461. The number of nitrogens with zero attached hydrogens (tertiary/aromatic N) is 3. The molecule has 1 saturated heterocycles. The van der Waals surface area contributed by atoms with E-state index in [9.17, 15) is 0 Å². The monoisotopic (exact) mass is 309 g/mol. The lowest BCUT2D eigenvalue weighted by atomic mass is 10.2. The average Bonchev–Trinajstić information content (AvgIpc) is 2.98. The molecule has 0 unspecified atom stereocenters. The van der Waals surface area contributed by atoms with Crippen LogP contribution in [0, 0.1) is 0 Å². The highest BCUT2D eigenvalue weighted by molar-refractivity contribution is 9.11. The summed E-state index contributed by atoms with van der Waals surface area (Å²) in [6.45, 7) is 1.07. The van der Waals surface area contributed by atoms with Gasteiger partial charge >= 0.3 is 0 Å². The van der Waals surface area contributed by atoms with Crippen molar-refractivity contribution in [2.75, 3.05) is 11.4 Å². The van der Waals surface area contributed by atoms with E-state index in [4.69, 9.17) is 0 Å². The first kappa shape index (κ1) is 11.2. The highest BCUT2D eigenvalue weighted by Crippen LogP contribution is 2.39. The van der Waals surface area contributed by atoms with E-state index >= 15 is 0 Å². The molecule has 1 atom stereocenters. The molecule has 1 fully saturated rings. The van der Waals surface area contributed by atoms with Gasteiger partial charge in [0.25, 0.3) is 0 Å². The topological polar surface area (TPSA) is 29.0 Å². The Hall–Kier alpha value is -0.940. The molecule has 3 nitrogen and oxygen atoms in total. The molecular weight excluding hydrogens is 298 g/mol. The van der Waals surface area contributed by atoms with Crippen LogP contribution in [-0.4, -0.2) is 16.5 Å². The molecule has 1 aliphatic heterocycles. The Bertz CT molecular complexity index is 499. The highest BCUT2D eigenvalue weighted by Gasteiger charge is 2.28. The lowest BCUT2D eigenvalue weighted by Gasteiger charge is -2.24. The summed E-state index contributed by atoms with van der Waals surface area (Å²) in [4.78, 5) is 12.3. The molecular formula is C12H12BrN3S. The summed E-state index contributed by atoms with van der Waals surface area (Å²) in [6, 6.07) is 4.78. The predicted molar refractivity (Wildman–Crippen MR) is 73.4 cm³/mol. The van der Waals surface area contributed by atoms with Crippen LogP contribution in [0.2, 0.25) is 0 Å². The van der Waals surface area contributed by atoms with Crippen LogP contribution in [-0.2, 0) is 0 Å². The van der Waals surface area contributed by atoms with Crippen molar-refractivity contribution in [3.05, 3.63) is 39.4 Å². The summed E-state index contributed by atoms with van der Waals surface area (Å²) >= 11 is 5.34. The summed E-state index contributed by atoms with van der Waals surface area (Å²) in [5, 5.41) is 0. The fourth-order valence-electron chi connectivity index (χ4n) is 2.28. The number of rotatable bonds is 2. The van der Waals surface area contributed by atoms with Gasteiger partial charge in [-0.05, 0) is 40.9 Å². The molecule has 0 bridgehead atoms.